The van der Waals surface area contributed by atoms with Gasteiger partial charge in [0.05, 0.1) is 6.54 Å². The first-order valence-corrected chi connectivity index (χ1v) is 9.00. The van der Waals surface area contributed by atoms with E-state index >= 15 is 0 Å². The molecule has 2 rings (SSSR count). The molecule has 29 heavy (non-hydrogen) atoms. The summed E-state index contributed by atoms with van der Waals surface area (Å²) >= 11 is 5.77. The van der Waals surface area contributed by atoms with Crippen LogP contribution >= 0.6 is 35.6 Å². The molecule has 2 heterocycles. The quantitative estimate of drug-likeness (QED) is 0.228. The largest absolute Gasteiger partial charge is 0.468 e. The molecule has 2 aromatic rings. The van der Waals surface area contributed by atoms with Gasteiger partial charge in [0.2, 0.25) is 5.88 Å². The summed E-state index contributed by atoms with van der Waals surface area (Å²) < 4.78 is 41.4. The van der Waals surface area contributed by atoms with E-state index in [1.54, 1.807) is 18.3 Å². The molecule has 0 atom stereocenters. The molecule has 0 aliphatic heterocycles. The second kappa shape index (κ2) is 12.7. The highest BCUT2D eigenvalue weighted by atomic mass is 127. The molecular formula is C18H22ClF3IN5O. The average molecular weight is 544 g/mol. The van der Waals surface area contributed by atoms with Gasteiger partial charge in [-0.3, -0.25) is 0 Å². The Kier molecular flexibility index (Phi) is 11.0. The third-order valence-electron chi connectivity index (χ3n) is 3.44. The van der Waals surface area contributed by atoms with Gasteiger partial charge in [-0.25, -0.2) is 15.0 Å². The number of rotatable bonds is 8. The number of hydrogen-bond acceptors (Lipinski definition) is 4. The maximum Gasteiger partial charge on any atom is 0.422 e. The van der Waals surface area contributed by atoms with E-state index in [2.05, 4.69) is 30.3 Å². The van der Waals surface area contributed by atoms with Crippen molar-refractivity contribution in [1.82, 2.24) is 20.6 Å². The molecule has 2 N–H and O–H groups in total. The highest BCUT2D eigenvalue weighted by Gasteiger charge is 2.28. The fourth-order valence-corrected chi connectivity index (χ4v) is 2.29. The fourth-order valence-electron chi connectivity index (χ4n) is 2.18. The Morgan fingerprint density at radius 3 is 2.62 bits per heavy atom. The average Bonchev–Trinajstić information content (AvgIpc) is 2.66. The Balaban J connectivity index is 0.00000420. The fraction of sp³-hybridized carbons (Fsp3) is 0.389. The standard InChI is InChI=1S/C18H21ClF3N5O.HI/c1-2-23-17(25-8-5-13-3-4-15(19)26-10-13)27-11-14-6-7-24-16(9-14)28-12-18(20,21)22;/h3-4,6-7,9-10H,2,5,8,11-12H2,1H3,(H2,23,25,27);1H. The minimum atomic E-state index is -4.41. The molecule has 6 nitrogen and oxygen atoms in total. The molecule has 0 aromatic carbocycles. The first-order chi connectivity index (χ1) is 13.4. The van der Waals surface area contributed by atoms with E-state index < -0.39 is 12.8 Å². The molecular weight excluding hydrogens is 522 g/mol. The number of nitrogens with zero attached hydrogens (tertiary/aromatic N) is 3. The Labute approximate surface area is 189 Å². The molecule has 0 radical (unpaired) electrons. The molecule has 0 fully saturated rings. The zero-order valence-electron chi connectivity index (χ0n) is 15.7. The first kappa shape index (κ1) is 25.2. The zero-order valence-corrected chi connectivity index (χ0v) is 18.8. The Hall–Kier alpha value is -1.82. The van der Waals surface area contributed by atoms with Crippen molar-refractivity contribution in [1.29, 1.82) is 0 Å². The van der Waals surface area contributed by atoms with Crippen LogP contribution < -0.4 is 15.4 Å². The smallest absolute Gasteiger partial charge is 0.422 e. The second-order valence-corrected chi connectivity index (χ2v) is 6.15. The zero-order chi connectivity index (χ0) is 20.4. The van der Waals surface area contributed by atoms with Crippen LogP contribution in [0.4, 0.5) is 13.2 Å². The molecule has 0 amide bonds. The molecule has 0 saturated heterocycles. The number of aromatic nitrogens is 2. The van der Waals surface area contributed by atoms with Crippen molar-refractivity contribution in [2.24, 2.45) is 4.99 Å². The molecule has 0 unspecified atom stereocenters. The Bertz CT molecular complexity index is 775. The van der Waals surface area contributed by atoms with Crippen molar-refractivity contribution in [3.05, 3.63) is 52.9 Å². The summed E-state index contributed by atoms with van der Waals surface area (Å²) in [5, 5.41) is 6.76. The van der Waals surface area contributed by atoms with E-state index in [9.17, 15) is 13.2 Å². The number of aliphatic imine (C=N–C) groups is 1. The van der Waals surface area contributed by atoms with Crippen LogP contribution in [0.3, 0.4) is 0 Å². The van der Waals surface area contributed by atoms with Crippen molar-refractivity contribution in [2.75, 3.05) is 19.7 Å². The highest BCUT2D eigenvalue weighted by Crippen LogP contribution is 2.17. The van der Waals surface area contributed by atoms with Crippen LogP contribution in [0.2, 0.25) is 5.15 Å². The number of ether oxygens (including phenoxy) is 1. The lowest BCUT2D eigenvalue weighted by molar-refractivity contribution is -0.154. The molecule has 0 spiro atoms. The molecule has 0 bridgehead atoms. The van der Waals surface area contributed by atoms with Crippen molar-refractivity contribution in [3.63, 3.8) is 0 Å². The second-order valence-electron chi connectivity index (χ2n) is 5.77. The van der Waals surface area contributed by atoms with Crippen LogP contribution in [-0.2, 0) is 13.0 Å². The summed E-state index contributed by atoms with van der Waals surface area (Å²) in [6.45, 7) is 2.13. The van der Waals surface area contributed by atoms with Gasteiger partial charge in [0.25, 0.3) is 0 Å². The van der Waals surface area contributed by atoms with E-state index in [1.807, 2.05) is 13.0 Å². The van der Waals surface area contributed by atoms with Gasteiger partial charge in [0.1, 0.15) is 5.15 Å². The van der Waals surface area contributed by atoms with Crippen molar-refractivity contribution >= 4 is 41.5 Å². The van der Waals surface area contributed by atoms with Crippen LogP contribution in [0, 0.1) is 0 Å². The molecule has 0 aliphatic carbocycles. The maximum atomic E-state index is 12.2. The SMILES string of the molecule is CCNC(=NCc1ccnc(OCC(F)(F)F)c1)NCCc1ccc(Cl)nc1.I. The number of alkyl halides is 3. The van der Waals surface area contributed by atoms with Crippen LogP contribution in [0.1, 0.15) is 18.1 Å². The minimum Gasteiger partial charge on any atom is -0.468 e. The molecule has 11 heteroatoms. The number of pyridine rings is 2. The number of guanidine groups is 1. The monoisotopic (exact) mass is 543 g/mol. The summed E-state index contributed by atoms with van der Waals surface area (Å²) in [6.07, 6.45) is -0.561. The van der Waals surface area contributed by atoms with Gasteiger partial charge >= 0.3 is 6.18 Å². The Morgan fingerprint density at radius 2 is 1.97 bits per heavy atom. The predicted octanol–water partition coefficient (Wildman–Crippen LogP) is 3.99. The lowest BCUT2D eigenvalue weighted by atomic mass is 10.2. The van der Waals surface area contributed by atoms with Gasteiger partial charge in [-0.1, -0.05) is 17.7 Å². The van der Waals surface area contributed by atoms with Gasteiger partial charge in [0, 0.05) is 31.5 Å². The number of nitrogens with one attached hydrogen (secondary N) is 2. The minimum absolute atomic E-state index is 0. The molecule has 160 valence electrons. The topological polar surface area (TPSA) is 71.4 Å². The summed E-state index contributed by atoms with van der Waals surface area (Å²) in [6, 6.07) is 6.75. The van der Waals surface area contributed by atoms with E-state index in [0.717, 1.165) is 12.0 Å². The lowest BCUT2D eigenvalue weighted by Crippen LogP contribution is -2.38. The van der Waals surface area contributed by atoms with Crippen LogP contribution in [0.15, 0.2) is 41.7 Å². The normalized spacial score (nSPS) is 11.6. The van der Waals surface area contributed by atoms with Gasteiger partial charge in [-0.05, 0) is 36.6 Å². The van der Waals surface area contributed by atoms with E-state index in [4.69, 9.17) is 11.6 Å². The maximum absolute atomic E-state index is 12.2. The van der Waals surface area contributed by atoms with E-state index in [1.165, 1.54) is 12.3 Å². The van der Waals surface area contributed by atoms with Crippen LogP contribution in [0.5, 0.6) is 5.88 Å². The van der Waals surface area contributed by atoms with Gasteiger partial charge in [-0.2, -0.15) is 13.2 Å². The van der Waals surface area contributed by atoms with Gasteiger partial charge in [-0.15, -0.1) is 24.0 Å². The third kappa shape index (κ3) is 10.5. The van der Waals surface area contributed by atoms with Gasteiger partial charge in [0.15, 0.2) is 12.6 Å². The summed E-state index contributed by atoms with van der Waals surface area (Å²) in [7, 11) is 0. The van der Waals surface area contributed by atoms with Crippen molar-refractivity contribution in [3.8, 4) is 5.88 Å². The molecule has 2 aromatic heterocycles. The summed E-state index contributed by atoms with van der Waals surface area (Å²) in [5.74, 6) is 0.511. The summed E-state index contributed by atoms with van der Waals surface area (Å²) in [5.41, 5.74) is 1.72. The third-order valence-corrected chi connectivity index (χ3v) is 3.67. The lowest BCUT2D eigenvalue weighted by Gasteiger charge is -2.12. The highest BCUT2D eigenvalue weighted by molar-refractivity contribution is 14.0. The van der Waals surface area contributed by atoms with E-state index in [-0.39, 0.29) is 36.4 Å². The van der Waals surface area contributed by atoms with Crippen molar-refractivity contribution in [2.45, 2.75) is 26.1 Å². The predicted molar refractivity (Wildman–Crippen MR) is 117 cm³/mol. The molecule has 0 aliphatic rings. The van der Waals surface area contributed by atoms with Crippen LogP contribution in [-0.4, -0.2) is 41.8 Å². The first-order valence-electron chi connectivity index (χ1n) is 8.63. The van der Waals surface area contributed by atoms with Gasteiger partial charge < -0.3 is 15.4 Å². The van der Waals surface area contributed by atoms with Crippen molar-refractivity contribution < 1.29 is 17.9 Å². The Morgan fingerprint density at radius 1 is 1.17 bits per heavy atom. The summed E-state index contributed by atoms with van der Waals surface area (Å²) in [4.78, 5) is 12.2. The van der Waals surface area contributed by atoms with E-state index in [0.29, 0.717) is 29.8 Å². The van der Waals surface area contributed by atoms with Crippen LogP contribution in [0.25, 0.3) is 0 Å². The molecule has 0 saturated carbocycles. The number of halogens is 5. The number of hydrogen-bond donors (Lipinski definition) is 2.